The van der Waals surface area contributed by atoms with Crippen molar-refractivity contribution in [1.29, 1.82) is 0 Å². The van der Waals surface area contributed by atoms with Crippen molar-refractivity contribution in [3.8, 4) is 11.5 Å². The van der Waals surface area contributed by atoms with E-state index in [-0.39, 0.29) is 12.5 Å². The molecule has 112 valence electrons. The topological polar surface area (TPSA) is 59.6 Å². The fourth-order valence-corrected chi connectivity index (χ4v) is 1.67. The molecule has 0 spiro atoms. The van der Waals surface area contributed by atoms with Crippen LogP contribution >= 0.6 is 0 Å². The van der Waals surface area contributed by atoms with E-state index in [1.807, 2.05) is 25.1 Å². The van der Waals surface area contributed by atoms with E-state index in [0.29, 0.717) is 18.0 Å². The van der Waals surface area contributed by atoms with Gasteiger partial charge in [0.25, 0.3) is 5.91 Å². The van der Waals surface area contributed by atoms with Crippen LogP contribution in [0.3, 0.4) is 0 Å². The minimum Gasteiger partial charge on any atom is -0.493 e. The number of carbonyl (C=O) groups is 1. The van der Waals surface area contributed by atoms with E-state index >= 15 is 0 Å². The van der Waals surface area contributed by atoms with E-state index in [4.69, 9.17) is 9.47 Å². The number of carbonyl (C=O) groups excluding carboxylic acids is 1. The first-order valence-electron chi connectivity index (χ1n) is 6.98. The first kappa shape index (κ1) is 16.3. The normalized spacial score (nSPS) is 10.2. The van der Waals surface area contributed by atoms with Crippen molar-refractivity contribution >= 4 is 5.91 Å². The highest BCUT2D eigenvalue weighted by Crippen LogP contribution is 2.27. The summed E-state index contributed by atoms with van der Waals surface area (Å²) in [6.45, 7) is 6.43. The van der Waals surface area contributed by atoms with Gasteiger partial charge >= 0.3 is 0 Å². The molecular weight excluding hydrogens is 256 g/mol. The molecule has 0 unspecified atom stereocenters. The molecule has 0 heterocycles. The van der Waals surface area contributed by atoms with E-state index in [1.54, 1.807) is 7.11 Å². The Kier molecular flexibility index (Phi) is 7.50. The standard InChI is InChI=1S/C15H24N2O3/c1-4-8-17-15(18)11-20-13-7-6-12(10-16-5-2)9-14(13)19-3/h6-7,9,16H,4-5,8,10-11H2,1-3H3,(H,17,18). The second-order valence-electron chi connectivity index (χ2n) is 4.40. The first-order chi connectivity index (χ1) is 9.71. The maximum Gasteiger partial charge on any atom is 0.257 e. The minimum atomic E-state index is -0.120. The summed E-state index contributed by atoms with van der Waals surface area (Å²) in [6.07, 6.45) is 0.911. The van der Waals surface area contributed by atoms with Crippen molar-refractivity contribution in [3.05, 3.63) is 23.8 Å². The molecule has 0 aromatic heterocycles. The molecule has 1 aromatic carbocycles. The second kappa shape index (κ2) is 9.20. The van der Waals surface area contributed by atoms with Crippen LogP contribution in [0, 0.1) is 0 Å². The van der Waals surface area contributed by atoms with Gasteiger partial charge in [-0.25, -0.2) is 0 Å². The van der Waals surface area contributed by atoms with Crippen LogP contribution in [-0.4, -0.2) is 32.7 Å². The predicted octanol–water partition coefficient (Wildman–Crippen LogP) is 1.71. The second-order valence-corrected chi connectivity index (χ2v) is 4.40. The van der Waals surface area contributed by atoms with Crippen LogP contribution in [0.15, 0.2) is 18.2 Å². The molecule has 0 bridgehead atoms. The number of methoxy groups -OCH3 is 1. The zero-order valence-electron chi connectivity index (χ0n) is 12.5. The highest BCUT2D eigenvalue weighted by atomic mass is 16.5. The summed E-state index contributed by atoms with van der Waals surface area (Å²) in [6, 6.07) is 5.71. The Bertz CT molecular complexity index is 422. The van der Waals surface area contributed by atoms with Crippen LogP contribution in [0.2, 0.25) is 0 Å². The number of hydrogen-bond donors (Lipinski definition) is 2. The number of ether oxygens (including phenoxy) is 2. The van der Waals surface area contributed by atoms with Crippen LogP contribution < -0.4 is 20.1 Å². The zero-order chi connectivity index (χ0) is 14.8. The lowest BCUT2D eigenvalue weighted by Gasteiger charge is -2.12. The molecule has 0 radical (unpaired) electrons. The highest BCUT2D eigenvalue weighted by molar-refractivity contribution is 5.77. The number of benzene rings is 1. The summed E-state index contributed by atoms with van der Waals surface area (Å²) in [5.41, 5.74) is 1.12. The molecular formula is C15H24N2O3. The van der Waals surface area contributed by atoms with Gasteiger partial charge in [0.15, 0.2) is 18.1 Å². The average Bonchev–Trinajstić information content (AvgIpc) is 2.48. The fourth-order valence-electron chi connectivity index (χ4n) is 1.67. The van der Waals surface area contributed by atoms with E-state index in [9.17, 15) is 4.79 Å². The fraction of sp³-hybridized carbons (Fsp3) is 0.533. The quantitative estimate of drug-likeness (QED) is 0.723. The van der Waals surface area contributed by atoms with Gasteiger partial charge in [-0.15, -0.1) is 0 Å². The van der Waals surface area contributed by atoms with Gasteiger partial charge in [0, 0.05) is 13.1 Å². The van der Waals surface area contributed by atoms with Gasteiger partial charge in [-0.05, 0) is 30.7 Å². The van der Waals surface area contributed by atoms with Crippen LogP contribution in [0.1, 0.15) is 25.8 Å². The van der Waals surface area contributed by atoms with Gasteiger partial charge < -0.3 is 20.1 Å². The number of hydrogen-bond acceptors (Lipinski definition) is 4. The summed E-state index contributed by atoms with van der Waals surface area (Å²) in [4.78, 5) is 11.5. The van der Waals surface area contributed by atoms with Gasteiger partial charge in [0.05, 0.1) is 7.11 Å². The Labute approximate surface area is 120 Å². The minimum absolute atomic E-state index is 0.00289. The van der Waals surface area contributed by atoms with Gasteiger partial charge in [0.2, 0.25) is 0 Å². The summed E-state index contributed by atoms with van der Waals surface area (Å²) in [5, 5.41) is 6.01. The molecule has 5 heteroatoms. The molecule has 5 nitrogen and oxygen atoms in total. The molecule has 1 aromatic rings. The summed E-state index contributed by atoms with van der Waals surface area (Å²) in [7, 11) is 1.59. The molecule has 0 aliphatic carbocycles. The lowest BCUT2D eigenvalue weighted by atomic mass is 10.2. The Morgan fingerprint density at radius 1 is 1.25 bits per heavy atom. The number of amides is 1. The molecule has 1 rings (SSSR count). The molecule has 0 aliphatic rings. The molecule has 0 atom stereocenters. The molecule has 0 fully saturated rings. The van der Waals surface area contributed by atoms with Crippen LogP contribution in [0.4, 0.5) is 0 Å². The van der Waals surface area contributed by atoms with E-state index in [2.05, 4.69) is 17.6 Å². The van der Waals surface area contributed by atoms with Gasteiger partial charge in [0.1, 0.15) is 0 Å². The zero-order valence-corrected chi connectivity index (χ0v) is 12.5. The van der Waals surface area contributed by atoms with E-state index in [0.717, 1.165) is 25.1 Å². The van der Waals surface area contributed by atoms with Gasteiger partial charge in [-0.3, -0.25) is 4.79 Å². The highest BCUT2D eigenvalue weighted by Gasteiger charge is 2.08. The van der Waals surface area contributed by atoms with Crippen molar-refractivity contribution < 1.29 is 14.3 Å². The molecule has 0 saturated carbocycles. The number of nitrogens with one attached hydrogen (secondary N) is 2. The summed E-state index contributed by atoms with van der Waals surface area (Å²) >= 11 is 0. The molecule has 2 N–H and O–H groups in total. The van der Waals surface area contributed by atoms with Crippen molar-refractivity contribution in [2.24, 2.45) is 0 Å². The van der Waals surface area contributed by atoms with Crippen LogP contribution in [-0.2, 0) is 11.3 Å². The summed E-state index contributed by atoms with van der Waals surface area (Å²) < 4.78 is 10.8. The Balaban J connectivity index is 2.58. The van der Waals surface area contributed by atoms with Crippen LogP contribution in [0.5, 0.6) is 11.5 Å². The van der Waals surface area contributed by atoms with Crippen molar-refractivity contribution in [3.63, 3.8) is 0 Å². The largest absolute Gasteiger partial charge is 0.493 e. The lowest BCUT2D eigenvalue weighted by molar-refractivity contribution is -0.123. The smallest absolute Gasteiger partial charge is 0.257 e. The van der Waals surface area contributed by atoms with Crippen molar-refractivity contribution in [1.82, 2.24) is 10.6 Å². The molecule has 1 amide bonds. The van der Waals surface area contributed by atoms with Crippen LogP contribution in [0.25, 0.3) is 0 Å². The SMILES string of the molecule is CCCNC(=O)COc1ccc(CNCC)cc1OC. The third-order valence-electron chi connectivity index (χ3n) is 2.74. The Hall–Kier alpha value is -1.75. The third-order valence-corrected chi connectivity index (χ3v) is 2.74. The molecule has 0 saturated heterocycles. The maximum absolute atomic E-state index is 11.5. The maximum atomic E-state index is 11.5. The van der Waals surface area contributed by atoms with Crippen molar-refractivity contribution in [2.75, 3.05) is 26.8 Å². The number of rotatable bonds is 9. The van der Waals surface area contributed by atoms with Gasteiger partial charge in [-0.1, -0.05) is 19.9 Å². The van der Waals surface area contributed by atoms with E-state index < -0.39 is 0 Å². The summed E-state index contributed by atoms with van der Waals surface area (Å²) in [5.74, 6) is 1.11. The average molecular weight is 280 g/mol. The first-order valence-corrected chi connectivity index (χ1v) is 6.98. The Morgan fingerprint density at radius 2 is 2.05 bits per heavy atom. The predicted molar refractivity (Wildman–Crippen MR) is 79.2 cm³/mol. The lowest BCUT2D eigenvalue weighted by Crippen LogP contribution is -2.29. The Morgan fingerprint density at radius 3 is 2.70 bits per heavy atom. The van der Waals surface area contributed by atoms with Crippen molar-refractivity contribution in [2.45, 2.75) is 26.8 Å². The van der Waals surface area contributed by atoms with Gasteiger partial charge in [-0.2, -0.15) is 0 Å². The monoisotopic (exact) mass is 280 g/mol. The third kappa shape index (κ3) is 5.48. The molecule has 0 aliphatic heterocycles. The molecule has 20 heavy (non-hydrogen) atoms. The van der Waals surface area contributed by atoms with E-state index in [1.165, 1.54) is 0 Å².